The molecule has 2 N–H and O–H groups in total. The maximum absolute atomic E-state index is 14.5. The van der Waals surface area contributed by atoms with Crippen molar-refractivity contribution in [2.75, 3.05) is 11.0 Å². The van der Waals surface area contributed by atoms with E-state index in [1.165, 1.54) is 12.3 Å². The Hall–Kier alpha value is -2.59. The van der Waals surface area contributed by atoms with Gasteiger partial charge in [-0.3, -0.25) is 19.5 Å². The molecule has 2 aromatic heterocycles. The number of carbonyl (C=O) groups excluding carboxylic acids is 1. The van der Waals surface area contributed by atoms with E-state index in [2.05, 4.69) is 35.9 Å². The van der Waals surface area contributed by atoms with Crippen molar-refractivity contribution in [3.8, 4) is 0 Å². The summed E-state index contributed by atoms with van der Waals surface area (Å²) < 4.78 is 40.4. The van der Waals surface area contributed by atoms with E-state index in [9.17, 15) is 17.6 Å². The number of fused-ring (bicyclic) bond motifs is 1. The number of nitrogens with one attached hydrogen (secondary N) is 2. The van der Waals surface area contributed by atoms with Crippen molar-refractivity contribution >= 4 is 48.6 Å². The van der Waals surface area contributed by atoms with Gasteiger partial charge in [-0.1, -0.05) is 0 Å². The number of nitrogens with zero attached hydrogens (tertiary/aromatic N) is 2. The predicted molar refractivity (Wildman–Crippen MR) is 113 cm³/mol. The van der Waals surface area contributed by atoms with Gasteiger partial charge in [0.15, 0.2) is 0 Å². The van der Waals surface area contributed by atoms with Crippen LogP contribution in [0.4, 0.5) is 10.1 Å². The fourth-order valence-corrected chi connectivity index (χ4v) is 3.74. The van der Waals surface area contributed by atoms with Gasteiger partial charge in [0.25, 0.3) is 5.91 Å². The molecular weight excluding hydrogens is 463 g/mol. The molecule has 0 bridgehead atoms. The molecule has 29 heavy (non-hydrogen) atoms. The summed E-state index contributed by atoms with van der Waals surface area (Å²) in [6.07, 6.45) is 4.03. The number of aryl methyl sites for hydroxylation is 1. The maximum atomic E-state index is 14.5. The summed E-state index contributed by atoms with van der Waals surface area (Å²) in [6, 6.07) is 5.36. The zero-order chi connectivity index (χ0) is 21.3. The van der Waals surface area contributed by atoms with Crippen LogP contribution in [-0.4, -0.2) is 30.5 Å². The van der Waals surface area contributed by atoms with Gasteiger partial charge < -0.3 is 5.32 Å². The number of rotatable bonds is 5. The normalized spacial score (nSPS) is 12.6. The molecule has 1 atom stereocenters. The fourth-order valence-electron chi connectivity index (χ4n) is 2.80. The van der Waals surface area contributed by atoms with Crippen LogP contribution in [0.3, 0.4) is 0 Å². The Morgan fingerprint density at radius 2 is 1.79 bits per heavy atom. The highest BCUT2D eigenvalue weighted by molar-refractivity contribution is 9.10. The van der Waals surface area contributed by atoms with E-state index < -0.39 is 27.8 Å². The number of hydrogen-bond acceptors (Lipinski definition) is 5. The third kappa shape index (κ3) is 5.07. The Labute approximate surface area is 175 Å². The number of aromatic nitrogens is 2. The van der Waals surface area contributed by atoms with Crippen LogP contribution in [-0.2, 0) is 10.0 Å². The first-order valence-corrected chi connectivity index (χ1v) is 11.2. The second kappa shape index (κ2) is 8.03. The lowest BCUT2D eigenvalue weighted by Gasteiger charge is -2.18. The molecule has 7 nitrogen and oxygen atoms in total. The Bertz CT molecular complexity index is 1220. The summed E-state index contributed by atoms with van der Waals surface area (Å²) in [5, 5.41) is 2.73. The lowest BCUT2D eigenvalue weighted by molar-refractivity contribution is 0.0939. The Kier molecular flexibility index (Phi) is 5.85. The summed E-state index contributed by atoms with van der Waals surface area (Å²) in [5.74, 6) is -1.05. The molecular formula is C19H18BrFN4O3S. The molecule has 0 fully saturated rings. The van der Waals surface area contributed by atoms with Gasteiger partial charge in [-0.05, 0) is 59.6 Å². The van der Waals surface area contributed by atoms with E-state index in [1.54, 1.807) is 32.2 Å². The van der Waals surface area contributed by atoms with E-state index in [-0.39, 0.29) is 11.3 Å². The number of anilines is 1. The maximum Gasteiger partial charge on any atom is 0.253 e. The lowest BCUT2D eigenvalue weighted by Crippen LogP contribution is -2.27. The molecule has 0 unspecified atom stereocenters. The number of pyridine rings is 2. The summed E-state index contributed by atoms with van der Waals surface area (Å²) >= 11 is 3.32. The highest BCUT2D eigenvalue weighted by atomic mass is 79.9. The van der Waals surface area contributed by atoms with Crippen LogP contribution < -0.4 is 10.0 Å². The van der Waals surface area contributed by atoms with E-state index in [4.69, 9.17) is 0 Å². The van der Waals surface area contributed by atoms with Gasteiger partial charge in [0.05, 0.1) is 34.6 Å². The van der Waals surface area contributed by atoms with E-state index in [1.807, 2.05) is 0 Å². The van der Waals surface area contributed by atoms with Gasteiger partial charge in [0.1, 0.15) is 5.82 Å². The van der Waals surface area contributed by atoms with Gasteiger partial charge >= 0.3 is 0 Å². The van der Waals surface area contributed by atoms with Crippen LogP contribution in [0.1, 0.15) is 34.5 Å². The number of hydrogen-bond donors (Lipinski definition) is 2. The number of sulfonamides is 1. The molecule has 3 rings (SSSR count). The molecule has 10 heteroatoms. The minimum atomic E-state index is -3.53. The highest BCUT2D eigenvalue weighted by Crippen LogP contribution is 2.25. The van der Waals surface area contributed by atoms with Crippen LogP contribution in [0.2, 0.25) is 0 Å². The van der Waals surface area contributed by atoms with E-state index in [0.717, 1.165) is 16.8 Å². The largest absolute Gasteiger partial charge is 0.345 e. The summed E-state index contributed by atoms with van der Waals surface area (Å²) in [6.45, 7) is 3.30. The Morgan fingerprint density at radius 3 is 2.48 bits per heavy atom. The average molecular weight is 481 g/mol. The number of amides is 1. The quantitative estimate of drug-likeness (QED) is 0.579. The van der Waals surface area contributed by atoms with Crippen LogP contribution in [0, 0.1) is 12.7 Å². The van der Waals surface area contributed by atoms with Crippen LogP contribution in [0.25, 0.3) is 11.0 Å². The van der Waals surface area contributed by atoms with E-state index >= 15 is 0 Å². The van der Waals surface area contributed by atoms with Crippen molar-refractivity contribution in [1.82, 2.24) is 15.3 Å². The van der Waals surface area contributed by atoms with Gasteiger partial charge in [0.2, 0.25) is 10.0 Å². The van der Waals surface area contributed by atoms with Crippen LogP contribution >= 0.6 is 15.9 Å². The number of benzene rings is 1. The van der Waals surface area contributed by atoms with Gasteiger partial charge in [0, 0.05) is 22.4 Å². The molecule has 0 spiro atoms. The van der Waals surface area contributed by atoms with Crippen LogP contribution in [0.5, 0.6) is 0 Å². The van der Waals surface area contributed by atoms with Crippen molar-refractivity contribution in [3.05, 3.63) is 63.6 Å². The second-order valence-corrected chi connectivity index (χ2v) is 9.34. The summed E-state index contributed by atoms with van der Waals surface area (Å²) in [4.78, 5) is 21.0. The molecule has 3 aromatic rings. The molecule has 1 aromatic carbocycles. The molecule has 0 aliphatic rings. The molecule has 1 amide bonds. The van der Waals surface area contributed by atoms with Crippen molar-refractivity contribution in [3.63, 3.8) is 0 Å². The molecule has 2 heterocycles. The Morgan fingerprint density at radius 1 is 1.14 bits per heavy atom. The zero-order valence-corrected chi connectivity index (χ0v) is 18.2. The molecule has 152 valence electrons. The van der Waals surface area contributed by atoms with Gasteiger partial charge in [-0.2, -0.15) is 0 Å². The first-order chi connectivity index (χ1) is 13.5. The van der Waals surface area contributed by atoms with Crippen molar-refractivity contribution < 1.29 is 17.6 Å². The van der Waals surface area contributed by atoms with Gasteiger partial charge in [-0.25, -0.2) is 12.8 Å². The second-order valence-electron chi connectivity index (χ2n) is 6.67. The summed E-state index contributed by atoms with van der Waals surface area (Å²) in [5.41, 5.74) is 2.43. The van der Waals surface area contributed by atoms with Crippen molar-refractivity contribution in [1.29, 1.82) is 0 Å². The topological polar surface area (TPSA) is 101 Å². The van der Waals surface area contributed by atoms with Crippen LogP contribution in [0.15, 0.2) is 41.1 Å². The third-order valence-corrected chi connectivity index (χ3v) is 5.24. The number of carbonyl (C=O) groups is 1. The average Bonchev–Trinajstić information content (AvgIpc) is 2.62. The molecule has 0 aliphatic carbocycles. The first kappa shape index (κ1) is 21.1. The minimum Gasteiger partial charge on any atom is -0.345 e. The van der Waals surface area contributed by atoms with E-state index in [0.29, 0.717) is 22.2 Å². The fraction of sp³-hybridized carbons (Fsp3) is 0.211. The van der Waals surface area contributed by atoms with Crippen molar-refractivity contribution in [2.45, 2.75) is 19.9 Å². The standard InChI is InChI=1S/C19H18BrFN4O3S/c1-10-4-14(15(21)7-16(10)25-29(3,27)28)11(2)24-19(26)12-5-17-18(22-8-12)6-13(20)9-23-17/h4-9,11,25H,1-3H3,(H,24,26)/t11-/m1/s1. The lowest BCUT2D eigenvalue weighted by atomic mass is 10.0. The highest BCUT2D eigenvalue weighted by Gasteiger charge is 2.18. The SMILES string of the molecule is Cc1cc([C@@H](C)NC(=O)c2cnc3cc(Br)cnc3c2)c(F)cc1NS(C)(=O)=O. The number of halogens is 2. The third-order valence-electron chi connectivity index (χ3n) is 4.21. The first-order valence-electron chi connectivity index (χ1n) is 8.53. The molecule has 0 aliphatic heterocycles. The smallest absolute Gasteiger partial charge is 0.253 e. The van der Waals surface area contributed by atoms with Crippen molar-refractivity contribution in [2.24, 2.45) is 0 Å². The molecule has 0 saturated carbocycles. The minimum absolute atomic E-state index is 0.156. The monoisotopic (exact) mass is 480 g/mol. The summed E-state index contributed by atoms with van der Waals surface area (Å²) in [7, 11) is -3.53. The predicted octanol–water partition coefficient (Wildman–Crippen LogP) is 3.70. The zero-order valence-electron chi connectivity index (χ0n) is 15.8. The molecule has 0 saturated heterocycles. The molecule has 0 radical (unpaired) electrons. The Balaban J connectivity index is 1.82. The van der Waals surface area contributed by atoms with Gasteiger partial charge in [-0.15, -0.1) is 0 Å².